The highest BCUT2D eigenvalue weighted by molar-refractivity contribution is 8.00. The van der Waals surface area contributed by atoms with Crippen molar-refractivity contribution in [3.05, 3.63) is 36.2 Å². The summed E-state index contributed by atoms with van der Waals surface area (Å²) in [5.74, 6) is 1.38. The van der Waals surface area contributed by atoms with Crippen LogP contribution in [-0.2, 0) is 14.6 Å². The van der Waals surface area contributed by atoms with Crippen molar-refractivity contribution in [2.75, 3.05) is 11.5 Å². The van der Waals surface area contributed by atoms with Gasteiger partial charge >= 0.3 is 0 Å². The van der Waals surface area contributed by atoms with Crippen LogP contribution in [0.25, 0.3) is 5.69 Å². The van der Waals surface area contributed by atoms with Crippen LogP contribution in [0.3, 0.4) is 0 Å². The smallest absolute Gasteiger partial charge is 0.233 e. The summed E-state index contributed by atoms with van der Waals surface area (Å²) in [7, 11) is -3.02. The molecule has 7 nitrogen and oxygen atoms in total. The first-order valence-electron chi connectivity index (χ1n) is 9.11. The van der Waals surface area contributed by atoms with Gasteiger partial charge in [0.1, 0.15) is 5.82 Å². The average molecular weight is 407 g/mol. The normalized spacial score (nSPS) is 22.5. The molecule has 1 saturated carbocycles. The van der Waals surface area contributed by atoms with Gasteiger partial charge in [0, 0.05) is 17.6 Å². The van der Waals surface area contributed by atoms with Gasteiger partial charge in [-0.15, -0.1) is 10.2 Å². The Morgan fingerprint density at radius 1 is 1.22 bits per heavy atom. The van der Waals surface area contributed by atoms with E-state index < -0.39 is 15.1 Å². The van der Waals surface area contributed by atoms with Gasteiger partial charge < -0.3 is 5.32 Å². The standard InChI is InChI=1S/C18H22N4O3S2/c1-12(17(23)19-14-9-10-27(24,25)11-14)26-18-21-20-16(13-7-8-13)22(18)15-5-3-2-4-6-15/h2-6,12-14H,7-11H2,1H3,(H,19,23)/t12-,14-/m1/s1. The first-order chi connectivity index (χ1) is 12.9. The summed E-state index contributed by atoms with van der Waals surface area (Å²) in [6.45, 7) is 1.81. The van der Waals surface area contributed by atoms with Gasteiger partial charge in [-0.1, -0.05) is 30.0 Å². The lowest BCUT2D eigenvalue weighted by molar-refractivity contribution is -0.120. The molecule has 1 aliphatic carbocycles. The predicted molar refractivity (Wildman–Crippen MR) is 104 cm³/mol. The quantitative estimate of drug-likeness (QED) is 0.737. The molecule has 2 fully saturated rings. The number of para-hydroxylation sites is 1. The number of nitrogens with one attached hydrogen (secondary N) is 1. The maximum Gasteiger partial charge on any atom is 0.233 e. The highest BCUT2D eigenvalue weighted by atomic mass is 32.2. The lowest BCUT2D eigenvalue weighted by Crippen LogP contribution is -2.40. The molecular weight excluding hydrogens is 384 g/mol. The number of rotatable bonds is 6. The summed E-state index contributed by atoms with van der Waals surface area (Å²) in [4.78, 5) is 12.5. The van der Waals surface area contributed by atoms with E-state index in [0.717, 1.165) is 24.4 Å². The summed E-state index contributed by atoms with van der Waals surface area (Å²) in [5, 5.41) is 11.8. The van der Waals surface area contributed by atoms with E-state index >= 15 is 0 Å². The van der Waals surface area contributed by atoms with Gasteiger partial charge in [0.25, 0.3) is 0 Å². The van der Waals surface area contributed by atoms with Crippen molar-refractivity contribution >= 4 is 27.5 Å². The predicted octanol–water partition coefficient (Wildman–Crippen LogP) is 1.93. The number of hydrogen-bond acceptors (Lipinski definition) is 6. The lowest BCUT2D eigenvalue weighted by Gasteiger charge is -2.16. The fourth-order valence-corrected chi connectivity index (χ4v) is 5.78. The Bertz CT molecular complexity index is 939. The number of benzene rings is 1. The molecule has 144 valence electrons. The van der Waals surface area contributed by atoms with E-state index in [1.54, 1.807) is 0 Å². The van der Waals surface area contributed by atoms with Crippen molar-refractivity contribution in [2.45, 2.75) is 48.6 Å². The van der Waals surface area contributed by atoms with Gasteiger partial charge in [0.2, 0.25) is 5.91 Å². The Hall–Kier alpha value is -1.87. The molecule has 1 saturated heterocycles. The molecule has 0 radical (unpaired) electrons. The minimum atomic E-state index is -3.02. The van der Waals surface area contributed by atoms with Crippen LogP contribution in [0.4, 0.5) is 0 Å². The fraction of sp³-hybridized carbons (Fsp3) is 0.500. The third kappa shape index (κ3) is 4.19. The second-order valence-corrected chi connectivity index (χ2v) is 10.7. The Labute approximate surface area is 162 Å². The number of sulfone groups is 1. The first-order valence-corrected chi connectivity index (χ1v) is 11.8. The van der Waals surface area contributed by atoms with Crippen molar-refractivity contribution < 1.29 is 13.2 Å². The molecule has 4 rings (SSSR count). The topological polar surface area (TPSA) is 93.9 Å². The summed E-state index contributed by atoms with van der Waals surface area (Å²) >= 11 is 1.35. The number of amides is 1. The van der Waals surface area contributed by atoms with Crippen molar-refractivity contribution in [3.63, 3.8) is 0 Å². The molecule has 2 heterocycles. The zero-order valence-corrected chi connectivity index (χ0v) is 16.7. The summed E-state index contributed by atoms with van der Waals surface area (Å²) in [6, 6.07) is 9.62. The van der Waals surface area contributed by atoms with Crippen molar-refractivity contribution in [1.29, 1.82) is 0 Å². The van der Waals surface area contributed by atoms with Crippen molar-refractivity contribution in [1.82, 2.24) is 20.1 Å². The molecule has 9 heteroatoms. The molecule has 0 unspecified atom stereocenters. The van der Waals surface area contributed by atoms with Gasteiger partial charge in [-0.3, -0.25) is 9.36 Å². The van der Waals surface area contributed by atoms with Crippen LogP contribution in [-0.4, -0.2) is 51.9 Å². The number of carbonyl (C=O) groups excluding carboxylic acids is 1. The highest BCUT2D eigenvalue weighted by Crippen LogP contribution is 2.41. The SMILES string of the molecule is C[C@@H](Sc1nnc(C2CC2)n1-c1ccccc1)C(=O)N[C@@H]1CCS(=O)(=O)C1. The molecule has 2 aliphatic rings. The molecule has 1 aromatic heterocycles. The second-order valence-electron chi connectivity index (χ2n) is 7.15. The summed E-state index contributed by atoms with van der Waals surface area (Å²) < 4.78 is 25.2. The minimum Gasteiger partial charge on any atom is -0.351 e. The highest BCUT2D eigenvalue weighted by Gasteiger charge is 2.33. The molecule has 1 amide bonds. The van der Waals surface area contributed by atoms with E-state index in [9.17, 15) is 13.2 Å². The maximum atomic E-state index is 12.5. The van der Waals surface area contributed by atoms with Crippen LogP contribution in [0, 0.1) is 0 Å². The molecular formula is C18H22N4O3S2. The van der Waals surface area contributed by atoms with Crippen LogP contribution in [0.5, 0.6) is 0 Å². The monoisotopic (exact) mass is 406 g/mol. The van der Waals surface area contributed by atoms with Crippen LogP contribution >= 0.6 is 11.8 Å². The Balaban J connectivity index is 1.50. The zero-order valence-electron chi connectivity index (χ0n) is 15.0. The largest absolute Gasteiger partial charge is 0.351 e. The molecule has 1 aliphatic heterocycles. The average Bonchev–Trinajstić information content (AvgIpc) is 3.32. The minimum absolute atomic E-state index is 0.0299. The van der Waals surface area contributed by atoms with E-state index in [-0.39, 0.29) is 23.5 Å². The van der Waals surface area contributed by atoms with Gasteiger partial charge in [-0.05, 0) is 38.3 Å². The van der Waals surface area contributed by atoms with E-state index in [1.165, 1.54) is 11.8 Å². The van der Waals surface area contributed by atoms with Crippen LogP contribution in [0.2, 0.25) is 0 Å². The van der Waals surface area contributed by atoms with Gasteiger partial charge in [0.05, 0.1) is 16.8 Å². The maximum absolute atomic E-state index is 12.5. The van der Waals surface area contributed by atoms with Crippen molar-refractivity contribution in [3.8, 4) is 5.69 Å². The van der Waals surface area contributed by atoms with E-state index in [2.05, 4.69) is 15.5 Å². The second kappa shape index (κ2) is 7.27. The number of thioether (sulfide) groups is 1. The van der Waals surface area contributed by atoms with E-state index in [4.69, 9.17) is 0 Å². The van der Waals surface area contributed by atoms with Crippen molar-refractivity contribution in [2.24, 2.45) is 0 Å². The molecule has 27 heavy (non-hydrogen) atoms. The molecule has 1 N–H and O–H groups in total. The fourth-order valence-electron chi connectivity index (χ4n) is 3.22. The van der Waals surface area contributed by atoms with Crippen LogP contribution < -0.4 is 5.32 Å². The number of hydrogen-bond donors (Lipinski definition) is 1. The molecule has 2 atom stereocenters. The Morgan fingerprint density at radius 3 is 2.59 bits per heavy atom. The summed E-state index contributed by atoms with van der Waals surface area (Å²) in [6.07, 6.45) is 2.71. The molecule has 2 aromatic rings. The van der Waals surface area contributed by atoms with Crippen LogP contribution in [0.1, 0.15) is 37.9 Å². The first kappa shape index (κ1) is 18.5. The summed E-state index contributed by atoms with van der Waals surface area (Å²) in [5.41, 5.74) is 0.987. The zero-order chi connectivity index (χ0) is 19.0. The molecule has 1 aromatic carbocycles. The Morgan fingerprint density at radius 2 is 1.96 bits per heavy atom. The van der Waals surface area contributed by atoms with E-state index in [0.29, 0.717) is 17.5 Å². The third-order valence-electron chi connectivity index (χ3n) is 4.85. The van der Waals surface area contributed by atoms with Gasteiger partial charge in [-0.25, -0.2) is 8.42 Å². The lowest BCUT2D eigenvalue weighted by atomic mass is 10.2. The van der Waals surface area contributed by atoms with Gasteiger partial charge in [-0.2, -0.15) is 0 Å². The Kier molecular flexibility index (Phi) is 4.98. The third-order valence-corrected chi connectivity index (χ3v) is 7.66. The molecule has 0 bridgehead atoms. The van der Waals surface area contributed by atoms with Crippen LogP contribution in [0.15, 0.2) is 35.5 Å². The van der Waals surface area contributed by atoms with Gasteiger partial charge in [0.15, 0.2) is 15.0 Å². The number of aromatic nitrogens is 3. The number of nitrogens with zero attached hydrogens (tertiary/aromatic N) is 3. The molecule has 0 spiro atoms. The van der Waals surface area contributed by atoms with E-state index in [1.807, 2.05) is 41.8 Å². The number of carbonyl (C=O) groups is 1.